The number of hydrogen-bond acceptors (Lipinski definition) is 10. The minimum absolute atomic E-state index is 0.0847. The zero-order valence-corrected chi connectivity index (χ0v) is 22.4. The van der Waals surface area contributed by atoms with E-state index in [0.717, 1.165) is 10.9 Å². The largest absolute Gasteiger partial charge is 0.470 e. The number of esters is 1. The van der Waals surface area contributed by atoms with E-state index in [4.69, 9.17) is 24.9 Å². The van der Waals surface area contributed by atoms with Crippen LogP contribution in [-0.4, -0.2) is 63.8 Å². The summed E-state index contributed by atoms with van der Waals surface area (Å²) in [5.41, 5.74) is 7.12. The molecule has 0 aliphatic carbocycles. The highest BCUT2D eigenvalue weighted by molar-refractivity contribution is 5.93. The van der Waals surface area contributed by atoms with Crippen LogP contribution in [0, 0.1) is 0 Å². The number of carbonyl (C=O) groups excluding carboxylic acids is 2. The van der Waals surface area contributed by atoms with Crippen LogP contribution in [0.15, 0.2) is 30.6 Å². The Kier molecular flexibility index (Phi) is 6.13. The molecule has 0 saturated carbocycles. The van der Waals surface area contributed by atoms with Gasteiger partial charge in [0.15, 0.2) is 0 Å². The SMILES string of the molecule is COC(=O)N1CC(Oc2ncc(C(C)(C)N)c3cc(Nc4ccc5c(n4)[C@@H](C)C(C)(C)OC5=O)ncc23)C1. The zero-order chi connectivity index (χ0) is 27.4. The van der Waals surface area contributed by atoms with Crippen LogP contribution in [0.1, 0.15) is 62.2 Å². The molecule has 0 aromatic carbocycles. The van der Waals surface area contributed by atoms with Crippen molar-refractivity contribution in [3.05, 3.63) is 47.4 Å². The number of amides is 1. The summed E-state index contributed by atoms with van der Waals surface area (Å²) in [4.78, 5) is 39.5. The zero-order valence-electron chi connectivity index (χ0n) is 22.4. The topological polar surface area (TPSA) is 142 Å². The van der Waals surface area contributed by atoms with E-state index in [9.17, 15) is 9.59 Å². The van der Waals surface area contributed by atoms with Crippen molar-refractivity contribution in [1.29, 1.82) is 0 Å². The summed E-state index contributed by atoms with van der Waals surface area (Å²) in [7, 11) is 1.35. The molecule has 5 heterocycles. The van der Waals surface area contributed by atoms with Gasteiger partial charge in [-0.3, -0.25) is 0 Å². The number of nitrogens with two attached hydrogens (primary N) is 1. The number of ether oxygens (including phenoxy) is 3. The molecule has 1 amide bonds. The second-order valence-corrected chi connectivity index (χ2v) is 10.9. The molecule has 0 unspecified atom stereocenters. The first-order chi connectivity index (χ1) is 17.9. The monoisotopic (exact) mass is 520 g/mol. The Hall–Kier alpha value is -3.99. The fourth-order valence-electron chi connectivity index (χ4n) is 4.63. The Bertz CT molecular complexity index is 1430. The molecule has 1 atom stereocenters. The molecule has 11 heteroatoms. The summed E-state index contributed by atoms with van der Waals surface area (Å²) in [5, 5.41) is 4.80. The molecular weight excluding hydrogens is 488 g/mol. The molecule has 3 N–H and O–H groups in total. The predicted molar refractivity (Wildman–Crippen MR) is 141 cm³/mol. The number of cyclic esters (lactones) is 1. The van der Waals surface area contributed by atoms with E-state index in [0.29, 0.717) is 47.2 Å². The average Bonchev–Trinajstić information content (AvgIpc) is 2.83. The Balaban J connectivity index is 1.46. The number of nitrogens with one attached hydrogen (secondary N) is 1. The van der Waals surface area contributed by atoms with E-state index >= 15 is 0 Å². The van der Waals surface area contributed by atoms with E-state index in [1.54, 1.807) is 29.4 Å². The average molecular weight is 521 g/mol. The normalized spacial score (nSPS) is 18.9. The van der Waals surface area contributed by atoms with E-state index in [1.807, 2.05) is 40.7 Å². The third-order valence-corrected chi connectivity index (χ3v) is 7.20. The molecule has 0 bridgehead atoms. The van der Waals surface area contributed by atoms with Crippen molar-refractivity contribution in [3.63, 3.8) is 0 Å². The molecule has 1 saturated heterocycles. The highest BCUT2D eigenvalue weighted by Crippen LogP contribution is 2.38. The first-order valence-electron chi connectivity index (χ1n) is 12.5. The van der Waals surface area contributed by atoms with Crippen molar-refractivity contribution in [2.45, 2.75) is 57.8 Å². The van der Waals surface area contributed by atoms with Crippen molar-refractivity contribution in [1.82, 2.24) is 19.9 Å². The summed E-state index contributed by atoms with van der Waals surface area (Å²) >= 11 is 0. The summed E-state index contributed by atoms with van der Waals surface area (Å²) in [5.74, 6) is 1.08. The molecular formula is C27H32N6O5. The number of rotatable bonds is 5. The van der Waals surface area contributed by atoms with E-state index in [1.165, 1.54) is 7.11 Å². The lowest BCUT2D eigenvalue weighted by Crippen LogP contribution is -2.56. The number of likely N-dealkylation sites (tertiary alicyclic amines) is 1. The summed E-state index contributed by atoms with van der Waals surface area (Å²) in [6, 6.07) is 5.34. The van der Waals surface area contributed by atoms with Crippen LogP contribution in [-0.2, 0) is 15.0 Å². The number of methoxy groups -OCH3 is 1. The molecule has 3 aromatic heterocycles. The molecule has 5 rings (SSSR count). The predicted octanol–water partition coefficient (Wildman–Crippen LogP) is 3.84. The molecule has 0 spiro atoms. The lowest BCUT2D eigenvalue weighted by molar-refractivity contribution is -0.0189. The minimum Gasteiger partial charge on any atom is -0.470 e. The van der Waals surface area contributed by atoms with Gasteiger partial charge in [0.05, 0.1) is 36.8 Å². The molecule has 200 valence electrons. The molecule has 2 aliphatic rings. The van der Waals surface area contributed by atoms with Crippen LogP contribution < -0.4 is 15.8 Å². The maximum Gasteiger partial charge on any atom is 0.409 e. The fourth-order valence-corrected chi connectivity index (χ4v) is 4.63. The molecule has 38 heavy (non-hydrogen) atoms. The summed E-state index contributed by atoms with van der Waals surface area (Å²) < 4.78 is 16.4. The van der Waals surface area contributed by atoms with Gasteiger partial charge in [0, 0.05) is 23.9 Å². The number of fused-ring (bicyclic) bond motifs is 2. The van der Waals surface area contributed by atoms with Gasteiger partial charge in [0.1, 0.15) is 23.3 Å². The number of anilines is 2. The van der Waals surface area contributed by atoms with Crippen molar-refractivity contribution in [3.8, 4) is 5.88 Å². The van der Waals surface area contributed by atoms with Gasteiger partial charge in [-0.1, -0.05) is 6.92 Å². The van der Waals surface area contributed by atoms with Gasteiger partial charge in [-0.15, -0.1) is 0 Å². The standard InChI is InChI=1S/C27H32N6O5/c1-14-22-16(24(34)38-27(14,4)5)7-8-20(32-22)31-21-9-17-18(10-29-21)23(30-11-19(17)26(2,3)28)37-15-12-33(13-15)25(35)36-6/h7-11,14-15H,12-13,28H2,1-6H3,(H,29,31,32)/t14-/m1/s1. The van der Waals surface area contributed by atoms with Crippen molar-refractivity contribution in [2.75, 3.05) is 25.5 Å². The molecule has 2 aliphatic heterocycles. The number of nitrogens with zero attached hydrogens (tertiary/aromatic N) is 4. The van der Waals surface area contributed by atoms with Gasteiger partial charge < -0.3 is 30.2 Å². The Morgan fingerprint density at radius 1 is 1.18 bits per heavy atom. The lowest BCUT2D eigenvalue weighted by Gasteiger charge is -2.37. The second kappa shape index (κ2) is 9.09. The van der Waals surface area contributed by atoms with Gasteiger partial charge >= 0.3 is 12.1 Å². The van der Waals surface area contributed by atoms with Crippen molar-refractivity contribution < 1.29 is 23.8 Å². The molecule has 3 aromatic rings. The first kappa shape index (κ1) is 25.7. The van der Waals surface area contributed by atoms with Crippen LogP contribution in [0.25, 0.3) is 10.8 Å². The number of carbonyl (C=O) groups is 2. The van der Waals surface area contributed by atoms with Gasteiger partial charge in [-0.05, 0) is 56.8 Å². The van der Waals surface area contributed by atoms with Crippen LogP contribution in [0.5, 0.6) is 5.88 Å². The summed E-state index contributed by atoms with van der Waals surface area (Å²) in [6.07, 6.45) is 2.82. The Morgan fingerprint density at radius 2 is 1.92 bits per heavy atom. The molecule has 1 fully saturated rings. The smallest absolute Gasteiger partial charge is 0.409 e. The Labute approximate surface area is 220 Å². The van der Waals surface area contributed by atoms with Gasteiger partial charge in [0.2, 0.25) is 5.88 Å². The van der Waals surface area contributed by atoms with Crippen LogP contribution in [0.4, 0.5) is 16.4 Å². The van der Waals surface area contributed by atoms with Crippen molar-refractivity contribution >= 4 is 34.5 Å². The fraction of sp³-hybridized carbons (Fsp3) is 0.444. The lowest BCUT2D eigenvalue weighted by atomic mass is 9.84. The van der Waals surface area contributed by atoms with Crippen molar-refractivity contribution in [2.24, 2.45) is 5.73 Å². The highest BCUT2D eigenvalue weighted by Gasteiger charge is 2.40. The van der Waals surface area contributed by atoms with Crippen LogP contribution in [0.2, 0.25) is 0 Å². The van der Waals surface area contributed by atoms with Crippen LogP contribution in [0.3, 0.4) is 0 Å². The minimum atomic E-state index is -0.675. The highest BCUT2D eigenvalue weighted by atomic mass is 16.6. The van der Waals surface area contributed by atoms with Gasteiger partial charge in [0.25, 0.3) is 0 Å². The second-order valence-electron chi connectivity index (χ2n) is 10.9. The summed E-state index contributed by atoms with van der Waals surface area (Å²) in [6.45, 7) is 10.4. The molecule has 11 nitrogen and oxygen atoms in total. The van der Waals surface area contributed by atoms with E-state index in [2.05, 4.69) is 15.3 Å². The maximum atomic E-state index is 12.4. The first-order valence-corrected chi connectivity index (χ1v) is 12.5. The number of aromatic nitrogens is 3. The number of hydrogen-bond donors (Lipinski definition) is 2. The number of pyridine rings is 3. The van der Waals surface area contributed by atoms with Gasteiger partial charge in [-0.25, -0.2) is 24.5 Å². The van der Waals surface area contributed by atoms with Gasteiger partial charge in [-0.2, -0.15) is 0 Å². The maximum absolute atomic E-state index is 12.4. The third-order valence-electron chi connectivity index (χ3n) is 7.20. The Morgan fingerprint density at radius 3 is 2.61 bits per heavy atom. The third kappa shape index (κ3) is 4.58. The van der Waals surface area contributed by atoms with E-state index < -0.39 is 11.1 Å². The van der Waals surface area contributed by atoms with Crippen LogP contribution >= 0.6 is 0 Å². The molecule has 0 radical (unpaired) electrons. The quantitative estimate of drug-likeness (QED) is 0.476. The van der Waals surface area contributed by atoms with E-state index in [-0.39, 0.29) is 24.1 Å².